The van der Waals surface area contributed by atoms with Gasteiger partial charge in [-0.1, -0.05) is 44.2 Å². The number of rotatable bonds is 5. The van der Waals surface area contributed by atoms with E-state index in [2.05, 4.69) is 29.7 Å². The Morgan fingerprint density at radius 2 is 1.67 bits per heavy atom. The van der Waals surface area contributed by atoms with E-state index in [4.69, 9.17) is 0 Å². The SMILES string of the molecule is CC(C)C/C(=N/NC(=O)C(=O)NC(C)C)c1ccccc1. The van der Waals surface area contributed by atoms with Gasteiger partial charge in [-0.25, -0.2) is 5.43 Å². The van der Waals surface area contributed by atoms with Crippen molar-refractivity contribution in [3.05, 3.63) is 35.9 Å². The van der Waals surface area contributed by atoms with Crippen LogP contribution in [0, 0.1) is 5.92 Å². The first kappa shape index (κ1) is 16.9. The molecule has 0 heterocycles. The highest BCUT2D eigenvalue weighted by atomic mass is 16.2. The summed E-state index contributed by atoms with van der Waals surface area (Å²) >= 11 is 0. The number of hydrogen-bond donors (Lipinski definition) is 2. The molecule has 1 rings (SSSR count). The van der Waals surface area contributed by atoms with Gasteiger partial charge in [0.15, 0.2) is 0 Å². The van der Waals surface area contributed by atoms with Gasteiger partial charge in [0.2, 0.25) is 0 Å². The molecule has 0 fully saturated rings. The van der Waals surface area contributed by atoms with E-state index in [1.165, 1.54) is 0 Å². The molecule has 0 aliphatic rings. The van der Waals surface area contributed by atoms with Crippen LogP contribution in [-0.4, -0.2) is 23.6 Å². The van der Waals surface area contributed by atoms with Crippen LogP contribution in [0.2, 0.25) is 0 Å². The van der Waals surface area contributed by atoms with E-state index in [9.17, 15) is 9.59 Å². The Morgan fingerprint density at radius 1 is 1.05 bits per heavy atom. The van der Waals surface area contributed by atoms with Crippen LogP contribution in [0.3, 0.4) is 0 Å². The molecular weight excluding hydrogens is 266 g/mol. The summed E-state index contributed by atoms with van der Waals surface area (Å²) in [5.41, 5.74) is 4.03. The maximum absolute atomic E-state index is 11.7. The monoisotopic (exact) mass is 289 g/mol. The summed E-state index contributed by atoms with van der Waals surface area (Å²) in [5, 5.41) is 6.65. The molecule has 0 spiro atoms. The first-order valence-electron chi connectivity index (χ1n) is 7.13. The van der Waals surface area contributed by atoms with Crippen LogP contribution in [0.25, 0.3) is 0 Å². The van der Waals surface area contributed by atoms with Crippen molar-refractivity contribution in [3.8, 4) is 0 Å². The minimum Gasteiger partial charge on any atom is -0.346 e. The van der Waals surface area contributed by atoms with Gasteiger partial charge in [0, 0.05) is 6.04 Å². The highest BCUT2D eigenvalue weighted by molar-refractivity contribution is 6.35. The van der Waals surface area contributed by atoms with Gasteiger partial charge >= 0.3 is 11.8 Å². The standard InChI is InChI=1S/C16H23N3O2/c1-11(2)10-14(13-8-6-5-7-9-13)18-19-16(21)15(20)17-12(3)4/h5-9,11-12H,10H2,1-4H3,(H,17,20)(H,19,21)/b18-14-. The zero-order valence-corrected chi connectivity index (χ0v) is 13.0. The number of nitrogens with one attached hydrogen (secondary N) is 2. The van der Waals surface area contributed by atoms with E-state index in [1.54, 1.807) is 13.8 Å². The second-order valence-corrected chi connectivity index (χ2v) is 5.59. The van der Waals surface area contributed by atoms with Gasteiger partial charge in [-0.3, -0.25) is 9.59 Å². The molecule has 0 unspecified atom stereocenters. The Balaban J connectivity index is 2.80. The van der Waals surface area contributed by atoms with Gasteiger partial charge in [0.1, 0.15) is 0 Å². The van der Waals surface area contributed by atoms with E-state index < -0.39 is 11.8 Å². The molecule has 1 aromatic rings. The second-order valence-electron chi connectivity index (χ2n) is 5.59. The van der Waals surface area contributed by atoms with Gasteiger partial charge in [-0.2, -0.15) is 5.10 Å². The molecule has 5 heteroatoms. The summed E-state index contributed by atoms with van der Waals surface area (Å²) in [4.78, 5) is 23.2. The summed E-state index contributed by atoms with van der Waals surface area (Å²) in [5.74, 6) is -1.03. The zero-order chi connectivity index (χ0) is 15.8. The quantitative estimate of drug-likeness (QED) is 0.495. The maximum atomic E-state index is 11.7. The van der Waals surface area contributed by atoms with Crippen LogP contribution in [0.4, 0.5) is 0 Å². The lowest BCUT2D eigenvalue weighted by atomic mass is 10.0. The number of carbonyl (C=O) groups is 2. The molecule has 0 aliphatic carbocycles. The van der Waals surface area contributed by atoms with Gasteiger partial charge in [0.25, 0.3) is 0 Å². The Bertz CT molecular complexity index is 508. The minimum atomic E-state index is -0.749. The number of hydrazone groups is 1. The van der Waals surface area contributed by atoms with Crippen LogP contribution < -0.4 is 10.7 Å². The van der Waals surface area contributed by atoms with Crippen molar-refractivity contribution >= 4 is 17.5 Å². The zero-order valence-electron chi connectivity index (χ0n) is 13.0. The number of carbonyl (C=O) groups excluding carboxylic acids is 2. The second kappa shape index (κ2) is 8.19. The van der Waals surface area contributed by atoms with Crippen molar-refractivity contribution in [3.63, 3.8) is 0 Å². The van der Waals surface area contributed by atoms with Crippen molar-refractivity contribution in [2.45, 2.75) is 40.2 Å². The highest BCUT2D eigenvalue weighted by Gasteiger charge is 2.14. The lowest BCUT2D eigenvalue weighted by Crippen LogP contribution is -2.41. The average molecular weight is 289 g/mol. The predicted octanol–water partition coefficient (Wildman–Crippen LogP) is 2.08. The molecule has 0 saturated carbocycles. The summed E-state index contributed by atoms with van der Waals surface area (Å²) in [6, 6.07) is 9.53. The lowest BCUT2D eigenvalue weighted by molar-refractivity contribution is -0.139. The normalized spacial score (nSPS) is 11.6. The van der Waals surface area contributed by atoms with E-state index >= 15 is 0 Å². The first-order valence-corrected chi connectivity index (χ1v) is 7.13. The number of hydrogen-bond acceptors (Lipinski definition) is 3. The number of benzene rings is 1. The van der Waals surface area contributed by atoms with Crippen LogP contribution in [0.15, 0.2) is 35.4 Å². The Kier molecular flexibility index (Phi) is 6.59. The summed E-state index contributed by atoms with van der Waals surface area (Å²) in [7, 11) is 0. The lowest BCUT2D eigenvalue weighted by Gasteiger charge is -2.10. The molecule has 0 radical (unpaired) electrons. The molecule has 2 amide bonds. The molecule has 2 N–H and O–H groups in total. The largest absolute Gasteiger partial charge is 0.346 e. The van der Waals surface area contributed by atoms with Crippen LogP contribution in [-0.2, 0) is 9.59 Å². The molecule has 5 nitrogen and oxygen atoms in total. The summed E-state index contributed by atoms with van der Waals surface area (Å²) < 4.78 is 0. The molecule has 114 valence electrons. The smallest absolute Gasteiger partial charge is 0.329 e. The Labute approximate surface area is 125 Å². The van der Waals surface area contributed by atoms with Crippen molar-refractivity contribution in [1.82, 2.24) is 10.7 Å². The van der Waals surface area contributed by atoms with Gasteiger partial charge < -0.3 is 5.32 Å². The van der Waals surface area contributed by atoms with Crippen LogP contribution in [0.5, 0.6) is 0 Å². The van der Waals surface area contributed by atoms with Crippen LogP contribution in [0.1, 0.15) is 39.7 Å². The molecule has 0 aliphatic heterocycles. The minimum absolute atomic E-state index is 0.0866. The van der Waals surface area contributed by atoms with E-state index in [1.807, 2.05) is 30.3 Å². The van der Waals surface area contributed by atoms with Gasteiger partial charge in [0.05, 0.1) is 5.71 Å². The highest BCUT2D eigenvalue weighted by Crippen LogP contribution is 2.09. The predicted molar refractivity (Wildman–Crippen MR) is 83.9 cm³/mol. The Morgan fingerprint density at radius 3 is 2.19 bits per heavy atom. The first-order chi connectivity index (χ1) is 9.90. The van der Waals surface area contributed by atoms with Gasteiger partial charge in [-0.05, 0) is 31.7 Å². The summed E-state index contributed by atoms with van der Waals surface area (Å²) in [6.45, 7) is 7.74. The Hall–Kier alpha value is -2.17. The summed E-state index contributed by atoms with van der Waals surface area (Å²) in [6.07, 6.45) is 0.718. The third-order valence-electron chi connectivity index (χ3n) is 2.63. The van der Waals surface area contributed by atoms with Crippen molar-refractivity contribution in [1.29, 1.82) is 0 Å². The maximum Gasteiger partial charge on any atom is 0.329 e. The molecule has 0 saturated heterocycles. The molecule has 0 bridgehead atoms. The van der Waals surface area contributed by atoms with Gasteiger partial charge in [-0.15, -0.1) is 0 Å². The van der Waals surface area contributed by atoms with E-state index in [0.29, 0.717) is 5.92 Å². The topological polar surface area (TPSA) is 70.6 Å². The number of nitrogens with zero attached hydrogens (tertiary/aromatic N) is 1. The van der Waals surface area contributed by atoms with E-state index in [-0.39, 0.29) is 6.04 Å². The molecule has 21 heavy (non-hydrogen) atoms. The fourth-order valence-electron chi connectivity index (χ4n) is 1.74. The third-order valence-corrected chi connectivity index (χ3v) is 2.63. The molecular formula is C16H23N3O2. The molecule has 1 aromatic carbocycles. The fraction of sp³-hybridized carbons (Fsp3) is 0.438. The third kappa shape index (κ3) is 6.21. The number of amides is 2. The fourth-order valence-corrected chi connectivity index (χ4v) is 1.74. The van der Waals surface area contributed by atoms with Crippen molar-refractivity contribution in [2.75, 3.05) is 0 Å². The molecule has 0 aromatic heterocycles. The van der Waals surface area contributed by atoms with Crippen molar-refractivity contribution < 1.29 is 9.59 Å². The van der Waals surface area contributed by atoms with E-state index in [0.717, 1.165) is 17.7 Å². The van der Waals surface area contributed by atoms with Crippen LogP contribution >= 0.6 is 0 Å². The average Bonchev–Trinajstić information content (AvgIpc) is 2.42. The van der Waals surface area contributed by atoms with Crippen molar-refractivity contribution in [2.24, 2.45) is 11.0 Å². The molecule has 0 atom stereocenters.